The van der Waals surface area contributed by atoms with Gasteiger partial charge in [0.15, 0.2) is 0 Å². The van der Waals surface area contributed by atoms with Gasteiger partial charge in [0, 0.05) is 0 Å². The van der Waals surface area contributed by atoms with Crippen LogP contribution in [0.3, 0.4) is 0 Å². The van der Waals surface area contributed by atoms with Crippen LogP contribution in [0.1, 0.15) is 0 Å². The largest absolute Gasteiger partial charge is 0.423 e. The monoisotopic (exact) mass is 478 g/mol. The van der Waals surface area contributed by atoms with Crippen LogP contribution in [0, 0.1) is 0 Å². The van der Waals surface area contributed by atoms with Crippen LogP contribution in [0.2, 0.25) is 0 Å². The summed E-state index contributed by atoms with van der Waals surface area (Å²) < 4.78 is 6.38. The highest BCUT2D eigenvalue weighted by molar-refractivity contribution is 14.1. The summed E-state index contributed by atoms with van der Waals surface area (Å²) in [4.78, 5) is 11.4. The molecule has 0 atom stereocenters. The Morgan fingerprint density at radius 3 is 2.29 bits per heavy atom. The van der Waals surface area contributed by atoms with Gasteiger partial charge in [0.1, 0.15) is 9.33 Å². The number of carbonyl (C=O) groups is 1. The van der Waals surface area contributed by atoms with Gasteiger partial charge >= 0.3 is 5.97 Å². The predicted molar refractivity (Wildman–Crippen MR) is 76.1 cm³/mol. The molecule has 1 aromatic rings. The van der Waals surface area contributed by atoms with Crippen molar-refractivity contribution in [2.45, 2.75) is 0 Å². The summed E-state index contributed by atoms with van der Waals surface area (Å²) in [6.45, 7) is 0. The highest BCUT2D eigenvalue weighted by atomic mass is 127. The fraction of sp³-hybridized carbons (Fsp3) is 0. The van der Waals surface area contributed by atoms with Crippen LogP contribution in [0.25, 0.3) is 0 Å². The molecule has 0 aromatic heterocycles. The van der Waals surface area contributed by atoms with Gasteiger partial charge in [-0.15, -0.1) is 0 Å². The number of halogens is 3. The van der Waals surface area contributed by atoms with Gasteiger partial charge in [-0.2, -0.15) is 0 Å². The number of rotatable bonds is 2. The van der Waals surface area contributed by atoms with Crippen molar-refractivity contribution in [3.05, 3.63) is 36.4 Å². The van der Waals surface area contributed by atoms with Crippen molar-refractivity contribution in [3.63, 3.8) is 0 Å². The Labute approximate surface area is 118 Å². The summed E-state index contributed by atoms with van der Waals surface area (Å²) in [5, 5.41) is 0. The van der Waals surface area contributed by atoms with Gasteiger partial charge in [-0.05, 0) is 73.2 Å². The molecule has 0 aliphatic carbocycles. The molecular weight excluding hydrogens is 474 g/mol. The first kappa shape index (κ1) is 12.4. The van der Waals surface area contributed by atoms with E-state index in [1.807, 2.05) is 63.4 Å². The van der Waals surface area contributed by atoms with Crippen LogP contribution < -0.4 is 4.74 Å². The molecule has 0 fully saturated rings. The lowest BCUT2D eigenvalue weighted by Crippen LogP contribution is -2.07. The average Bonchev–Trinajstić information content (AvgIpc) is 2.18. The second kappa shape index (κ2) is 6.06. The molecule has 0 heterocycles. The summed E-state index contributed by atoms with van der Waals surface area (Å²) in [6, 6.07) is 8.98. The molecule has 0 radical (unpaired) electrons. The Kier molecular flexibility index (Phi) is 5.39. The van der Waals surface area contributed by atoms with Crippen LogP contribution >= 0.6 is 61.1 Å². The molecule has 1 aromatic carbocycles. The van der Waals surface area contributed by atoms with Gasteiger partial charge in [-0.25, -0.2) is 4.79 Å². The second-order valence-electron chi connectivity index (χ2n) is 2.28. The van der Waals surface area contributed by atoms with Crippen LogP contribution in [-0.4, -0.2) is 5.97 Å². The summed E-state index contributed by atoms with van der Waals surface area (Å²) >= 11 is 7.16. The Balaban J connectivity index is 2.72. The standard InChI is InChI=1S/C9H5BrI2O2/c10-8(12)7(11)9(13)14-6-4-2-1-3-5-6/h1-5H. The molecule has 14 heavy (non-hydrogen) atoms. The highest BCUT2D eigenvalue weighted by Crippen LogP contribution is 2.26. The lowest BCUT2D eigenvalue weighted by atomic mass is 10.3. The van der Waals surface area contributed by atoms with Crippen molar-refractivity contribution in [3.8, 4) is 5.75 Å². The molecule has 0 N–H and O–H groups in total. The SMILES string of the molecule is O=C(Oc1ccccc1)C(I)=C(Br)I. The van der Waals surface area contributed by atoms with Crippen molar-refractivity contribution < 1.29 is 9.53 Å². The van der Waals surface area contributed by atoms with E-state index in [1.54, 1.807) is 12.1 Å². The molecule has 74 valence electrons. The van der Waals surface area contributed by atoms with Gasteiger partial charge in [0.25, 0.3) is 0 Å². The molecule has 1 rings (SSSR count). The number of para-hydroxylation sites is 1. The summed E-state index contributed by atoms with van der Waals surface area (Å²) in [5.74, 6) is 0.204. The third-order valence-electron chi connectivity index (χ3n) is 1.30. The van der Waals surface area contributed by atoms with Gasteiger partial charge in [-0.3, -0.25) is 0 Å². The molecule has 0 bridgehead atoms. The van der Waals surface area contributed by atoms with Crippen molar-refractivity contribution in [1.82, 2.24) is 0 Å². The number of hydrogen-bond donors (Lipinski definition) is 0. The molecule has 0 aliphatic heterocycles. The van der Waals surface area contributed by atoms with E-state index in [2.05, 4.69) is 15.9 Å². The van der Waals surface area contributed by atoms with Crippen LogP contribution in [0.15, 0.2) is 36.4 Å². The Morgan fingerprint density at radius 2 is 1.79 bits per heavy atom. The Bertz CT molecular complexity index is 358. The minimum atomic E-state index is -0.349. The van der Waals surface area contributed by atoms with Crippen LogP contribution in [0.5, 0.6) is 5.75 Å². The topological polar surface area (TPSA) is 26.3 Å². The molecule has 5 heteroatoms. The maximum absolute atomic E-state index is 11.4. The minimum Gasteiger partial charge on any atom is -0.423 e. The molecule has 0 saturated heterocycles. The maximum atomic E-state index is 11.4. The Hall–Kier alpha value is 0.370. The Morgan fingerprint density at radius 1 is 1.21 bits per heavy atom. The van der Waals surface area contributed by atoms with Crippen molar-refractivity contribution >= 4 is 67.1 Å². The number of carbonyl (C=O) groups excluding carboxylic acids is 1. The molecule has 0 saturated carbocycles. The van der Waals surface area contributed by atoms with Crippen molar-refractivity contribution in [2.24, 2.45) is 0 Å². The lowest BCUT2D eigenvalue weighted by molar-refractivity contribution is -0.129. The number of ether oxygens (including phenoxy) is 1. The van der Waals surface area contributed by atoms with Gasteiger partial charge in [0.05, 0.1) is 2.49 Å². The van der Waals surface area contributed by atoms with E-state index < -0.39 is 0 Å². The zero-order valence-corrected chi connectivity index (χ0v) is 12.7. The van der Waals surface area contributed by atoms with Crippen LogP contribution in [0.4, 0.5) is 0 Å². The third kappa shape index (κ3) is 3.85. The summed E-state index contributed by atoms with van der Waals surface area (Å²) in [5.41, 5.74) is 0. The van der Waals surface area contributed by atoms with Crippen molar-refractivity contribution in [2.75, 3.05) is 0 Å². The van der Waals surface area contributed by atoms with E-state index >= 15 is 0 Å². The van der Waals surface area contributed by atoms with Gasteiger partial charge < -0.3 is 4.74 Å². The number of hydrogen-bond acceptors (Lipinski definition) is 2. The maximum Gasteiger partial charge on any atom is 0.351 e. The minimum absolute atomic E-state index is 0.349. The lowest BCUT2D eigenvalue weighted by Gasteiger charge is -2.02. The molecule has 0 amide bonds. The fourth-order valence-electron chi connectivity index (χ4n) is 0.718. The fourth-order valence-corrected chi connectivity index (χ4v) is 1.21. The predicted octanol–water partition coefficient (Wildman–Crippen LogP) is 4.03. The average molecular weight is 479 g/mol. The second-order valence-corrected chi connectivity index (χ2v) is 6.71. The number of esters is 1. The first-order chi connectivity index (χ1) is 6.61. The molecule has 0 spiro atoms. The highest BCUT2D eigenvalue weighted by Gasteiger charge is 2.11. The van der Waals surface area contributed by atoms with Crippen LogP contribution in [-0.2, 0) is 4.79 Å². The summed E-state index contributed by atoms with van der Waals surface area (Å²) in [6.07, 6.45) is 0. The van der Waals surface area contributed by atoms with E-state index in [9.17, 15) is 4.79 Å². The third-order valence-corrected chi connectivity index (χ3v) is 4.99. The molecular formula is C9H5BrI2O2. The van der Waals surface area contributed by atoms with E-state index in [0.717, 1.165) is 2.49 Å². The zero-order chi connectivity index (χ0) is 10.6. The molecule has 2 nitrogen and oxygen atoms in total. The van der Waals surface area contributed by atoms with E-state index in [-0.39, 0.29) is 5.97 Å². The number of benzene rings is 1. The summed E-state index contributed by atoms with van der Waals surface area (Å²) in [7, 11) is 0. The van der Waals surface area contributed by atoms with E-state index in [0.29, 0.717) is 9.33 Å². The van der Waals surface area contributed by atoms with Gasteiger partial charge in [0.2, 0.25) is 0 Å². The molecule has 0 unspecified atom stereocenters. The molecule has 0 aliphatic rings. The first-order valence-electron chi connectivity index (χ1n) is 3.59. The van der Waals surface area contributed by atoms with Crippen molar-refractivity contribution in [1.29, 1.82) is 0 Å². The van der Waals surface area contributed by atoms with E-state index in [1.165, 1.54) is 0 Å². The van der Waals surface area contributed by atoms with E-state index in [4.69, 9.17) is 4.74 Å². The van der Waals surface area contributed by atoms with Gasteiger partial charge in [-0.1, -0.05) is 18.2 Å². The smallest absolute Gasteiger partial charge is 0.351 e. The normalized spacial score (nSPS) is 11.9. The quantitative estimate of drug-likeness (QED) is 0.278. The first-order valence-corrected chi connectivity index (χ1v) is 6.54. The zero-order valence-electron chi connectivity index (χ0n) is 6.84.